The highest BCUT2D eigenvalue weighted by molar-refractivity contribution is 5.02. The van der Waals surface area contributed by atoms with Gasteiger partial charge in [-0.2, -0.15) is 10.5 Å². The van der Waals surface area contributed by atoms with E-state index < -0.39 is 0 Å². The lowest BCUT2D eigenvalue weighted by atomic mass is 10.4. The molecule has 0 heterocycles. The highest BCUT2D eigenvalue weighted by Gasteiger charge is 1.88. The summed E-state index contributed by atoms with van der Waals surface area (Å²) >= 11 is 0. The molecule has 0 aliphatic carbocycles. The standard InChI is InChI=1S/C6H7N3/c1-6(5-8)9-4-2-3-7/h2,4,6,9H,1H3/b4-2-. The maximum atomic E-state index is 8.20. The van der Waals surface area contributed by atoms with Crippen molar-refractivity contribution in [2.75, 3.05) is 0 Å². The third-order valence-corrected chi connectivity index (χ3v) is 0.698. The molecule has 0 aliphatic rings. The van der Waals surface area contributed by atoms with E-state index in [2.05, 4.69) is 5.32 Å². The Morgan fingerprint density at radius 1 is 1.56 bits per heavy atom. The lowest BCUT2D eigenvalue weighted by molar-refractivity contribution is 0.782. The van der Waals surface area contributed by atoms with Crippen molar-refractivity contribution < 1.29 is 0 Å². The third-order valence-electron chi connectivity index (χ3n) is 0.698. The van der Waals surface area contributed by atoms with E-state index in [9.17, 15) is 0 Å². The molecule has 0 radical (unpaired) electrons. The van der Waals surface area contributed by atoms with E-state index in [1.165, 1.54) is 12.3 Å². The second-order valence-corrected chi connectivity index (χ2v) is 1.48. The van der Waals surface area contributed by atoms with Crippen molar-refractivity contribution >= 4 is 0 Å². The molecule has 46 valence electrons. The maximum absolute atomic E-state index is 8.20. The Kier molecular flexibility index (Phi) is 3.90. The first-order valence-electron chi connectivity index (χ1n) is 2.51. The van der Waals surface area contributed by atoms with Crippen LogP contribution in [0.1, 0.15) is 6.92 Å². The fourth-order valence-electron chi connectivity index (χ4n) is 0.267. The quantitative estimate of drug-likeness (QED) is 0.542. The molecule has 0 fully saturated rings. The lowest BCUT2D eigenvalue weighted by Gasteiger charge is -1.96. The predicted molar refractivity (Wildman–Crippen MR) is 33.0 cm³/mol. The zero-order chi connectivity index (χ0) is 7.11. The molecular weight excluding hydrogens is 114 g/mol. The SMILES string of the molecule is CC(C#N)N/C=C\C#N. The van der Waals surface area contributed by atoms with Gasteiger partial charge < -0.3 is 5.32 Å². The van der Waals surface area contributed by atoms with E-state index in [0.29, 0.717) is 0 Å². The smallest absolute Gasteiger partial charge is 0.111 e. The number of nitrogens with one attached hydrogen (secondary N) is 1. The molecular formula is C6H7N3. The zero-order valence-electron chi connectivity index (χ0n) is 5.13. The van der Waals surface area contributed by atoms with Crippen molar-refractivity contribution in [3.63, 3.8) is 0 Å². The van der Waals surface area contributed by atoms with Crippen LogP contribution in [0, 0.1) is 22.7 Å². The molecule has 1 unspecified atom stereocenters. The molecule has 0 aliphatic heterocycles. The average Bonchev–Trinajstić information content (AvgIpc) is 1.89. The van der Waals surface area contributed by atoms with Gasteiger partial charge in [-0.1, -0.05) is 0 Å². The highest BCUT2D eigenvalue weighted by atomic mass is 14.9. The molecule has 0 amide bonds. The largest absolute Gasteiger partial charge is 0.375 e. The number of rotatable bonds is 2. The van der Waals surface area contributed by atoms with Crippen molar-refractivity contribution in [3.05, 3.63) is 12.3 Å². The Morgan fingerprint density at radius 2 is 2.22 bits per heavy atom. The molecule has 0 rings (SSSR count). The molecule has 0 aromatic heterocycles. The third kappa shape index (κ3) is 4.37. The van der Waals surface area contributed by atoms with Gasteiger partial charge in [0.25, 0.3) is 0 Å². The van der Waals surface area contributed by atoms with Gasteiger partial charge in [0.1, 0.15) is 6.04 Å². The number of hydrogen-bond acceptors (Lipinski definition) is 3. The summed E-state index contributed by atoms with van der Waals surface area (Å²) in [6.45, 7) is 1.71. The van der Waals surface area contributed by atoms with Crippen LogP contribution in [0.4, 0.5) is 0 Å². The van der Waals surface area contributed by atoms with Gasteiger partial charge in [0.2, 0.25) is 0 Å². The van der Waals surface area contributed by atoms with Crippen LogP contribution >= 0.6 is 0 Å². The molecule has 3 heteroatoms. The van der Waals surface area contributed by atoms with Crippen molar-refractivity contribution in [3.8, 4) is 12.1 Å². The maximum Gasteiger partial charge on any atom is 0.111 e. The summed E-state index contributed by atoms with van der Waals surface area (Å²) in [5.74, 6) is 0. The van der Waals surface area contributed by atoms with Crippen LogP contribution in [0.5, 0.6) is 0 Å². The van der Waals surface area contributed by atoms with Crippen LogP contribution in [-0.4, -0.2) is 6.04 Å². The number of nitrogens with zero attached hydrogens (tertiary/aromatic N) is 2. The van der Waals surface area contributed by atoms with Gasteiger partial charge in [-0.25, -0.2) is 0 Å². The van der Waals surface area contributed by atoms with E-state index in [0.717, 1.165) is 0 Å². The molecule has 1 N–H and O–H groups in total. The first-order chi connectivity index (χ1) is 4.31. The molecule has 0 saturated heterocycles. The van der Waals surface area contributed by atoms with Gasteiger partial charge in [-0.15, -0.1) is 0 Å². The van der Waals surface area contributed by atoms with Gasteiger partial charge in [0, 0.05) is 12.3 Å². The van der Waals surface area contributed by atoms with Gasteiger partial charge in [0.05, 0.1) is 12.1 Å². The fraction of sp³-hybridized carbons (Fsp3) is 0.333. The minimum atomic E-state index is -0.227. The molecule has 0 aromatic carbocycles. The Balaban J connectivity index is 3.44. The number of nitriles is 2. The van der Waals surface area contributed by atoms with Crippen LogP contribution in [0.2, 0.25) is 0 Å². The van der Waals surface area contributed by atoms with Crippen molar-refractivity contribution in [1.82, 2.24) is 5.32 Å². The molecule has 1 atom stereocenters. The summed E-state index contributed by atoms with van der Waals surface area (Å²) in [5.41, 5.74) is 0. The van der Waals surface area contributed by atoms with E-state index in [1.54, 1.807) is 13.0 Å². The van der Waals surface area contributed by atoms with Crippen LogP contribution < -0.4 is 5.32 Å². The second kappa shape index (κ2) is 4.67. The van der Waals surface area contributed by atoms with Gasteiger partial charge in [-0.05, 0) is 6.92 Å². The average molecular weight is 121 g/mol. The number of hydrogen-bond donors (Lipinski definition) is 1. The Labute approximate surface area is 54.2 Å². The van der Waals surface area contributed by atoms with E-state index in [-0.39, 0.29) is 6.04 Å². The first kappa shape index (κ1) is 7.52. The molecule has 0 spiro atoms. The molecule has 9 heavy (non-hydrogen) atoms. The minimum absolute atomic E-state index is 0.227. The van der Waals surface area contributed by atoms with Crippen LogP contribution in [-0.2, 0) is 0 Å². The van der Waals surface area contributed by atoms with Crippen molar-refractivity contribution in [2.24, 2.45) is 0 Å². The summed E-state index contributed by atoms with van der Waals surface area (Å²) < 4.78 is 0. The summed E-state index contributed by atoms with van der Waals surface area (Å²) in [5, 5.41) is 18.9. The molecule has 0 bridgehead atoms. The Hall–Kier alpha value is -1.48. The van der Waals surface area contributed by atoms with Crippen LogP contribution in [0.25, 0.3) is 0 Å². The molecule has 0 saturated carbocycles. The molecule has 3 nitrogen and oxygen atoms in total. The molecule has 0 aromatic rings. The van der Waals surface area contributed by atoms with Gasteiger partial charge in [0.15, 0.2) is 0 Å². The normalized spacial score (nSPS) is 11.9. The first-order valence-corrected chi connectivity index (χ1v) is 2.51. The second-order valence-electron chi connectivity index (χ2n) is 1.48. The summed E-state index contributed by atoms with van der Waals surface area (Å²) in [7, 11) is 0. The zero-order valence-corrected chi connectivity index (χ0v) is 5.13. The van der Waals surface area contributed by atoms with E-state index in [1.807, 2.05) is 6.07 Å². The topological polar surface area (TPSA) is 59.6 Å². The van der Waals surface area contributed by atoms with E-state index >= 15 is 0 Å². The van der Waals surface area contributed by atoms with Crippen molar-refractivity contribution in [2.45, 2.75) is 13.0 Å². The van der Waals surface area contributed by atoms with Gasteiger partial charge >= 0.3 is 0 Å². The van der Waals surface area contributed by atoms with Gasteiger partial charge in [-0.3, -0.25) is 0 Å². The summed E-state index contributed by atoms with van der Waals surface area (Å²) in [6.07, 6.45) is 2.74. The van der Waals surface area contributed by atoms with Crippen LogP contribution in [0.15, 0.2) is 12.3 Å². The van der Waals surface area contributed by atoms with E-state index in [4.69, 9.17) is 10.5 Å². The Bertz CT molecular complexity index is 170. The lowest BCUT2D eigenvalue weighted by Crippen LogP contribution is -2.17. The highest BCUT2D eigenvalue weighted by Crippen LogP contribution is 1.74. The Morgan fingerprint density at radius 3 is 2.67 bits per heavy atom. The summed E-state index contributed by atoms with van der Waals surface area (Å²) in [6, 6.07) is 3.52. The minimum Gasteiger partial charge on any atom is -0.375 e. The van der Waals surface area contributed by atoms with Crippen LogP contribution in [0.3, 0.4) is 0 Å². The van der Waals surface area contributed by atoms with Crippen molar-refractivity contribution in [1.29, 1.82) is 10.5 Å². The monoisotopic (exact) mass is 121 g/mol. The fourth-order valence-corrected chi connectivity index (χ4v) is 0.267. The summed E-state index contributed by atoms with van der Waals surface area (Å²) in [4.78, 5) is 0. The number of allylic oxidation sites excluding steroid dienone is 1. The predicted octanol–water partition coefficient (Wildman–Crippen LogP) is 0.525.